The molecule has 214 valence electrons. The zero-order chi connectivity index (χ0) is 30.0. The summed E-state index contributed by atoms with van der Waals surface area (Å²) < 4.78 is 27.5. The first kappa shape index (κ1) is 30.6. The summed E-state index contributed by atoms with van der Waals surface area (Å²) in [7, 11) is 0. The third kappa shape index (κ3) is 7.60. The number of anilines is 2. The van der Waals surface area contributed by atoms with Crippen LogP contribution in [0.4, 0.5) is 20.9 Å². The van der Waals surface area contributed by atoms with E-state index < -0.39 is 23.4 Å². The van der Waals surface area contributed by atoms with E-state index in [1.807, 2.05) is 6.07 Å². The van der Waals surface area contributed by atoms with Crippen molar-refractivity contribution >= 4 is 35.3 Å². The van der Waals surface area contributed by atoms with Crippen molar-refractivity contribution in [3.63, 3.8) is 0 Å². The standard InChI is InChI=1S/C28H34ClFN6O4/c1-15(2)36-25(33-26(38)39-28(6,7)8)19(14-31)24(34-36)18-10-9-16(22(29)23(18)30)11-20(37)32-21-12-17(35-40-21)13-27(3,4)5/h9-10,12,15H,11,13H2,1-8H3,(H,32,37)(H,33,38). The maximum absolute atomic E-state index is 15.6. The summed E-state index contributed by atoms with van der Waals surface area (Å²) in [5.74, 6) is -1.08. The van der Waals surface area contributed by atoms with E-state index >= 15 is 4.39 Å². The molecule has 0 aliphatic rings. The van der Waals surface area contributed by atoms with Crippen LogP contribution in [0.1, 0.15) is 78.3 Å². The van der Waals surface area contributed by atoms with Gasteiger partial charge in [0.2, 0.25) is 11.8 Å². The second-order valence-electron chi connectivity index (χ2n) is 11.9. The van der Waals surface area contributed by atoms with Crippen LogP contribution in [0.25, 0.3) is 11.3 Å². The molecule has 2 N–H and O–H groups in total. The van der Waals surface area contributed by atoms with Gasteiger partial charge in [0.1, 0.15) is 22.9 Å². The van der Waals surface area contributed by atoms with Crippen LogP contribution >= 0.6 is 11.6 Å². The third-order valence-corrected chi connectivity index (χ3v) is 5.84. The topological polar surface area (TPSA) is 135 Å². The van der Waals surface area contributed by atoms with Gasteiger partial charge in [0.15, 0.2) is 11.6 Å². The SMILES string of the molecule is CC(C)n1nc(-c2ccc(CC(=O)Nc3cc(CC(C)(C)C)no3)c(Cl)c2F)c(C#N)c1NC(=O)OC(C)(C)C. The van der Waals surface area contributed by atoms with Gasteiger partial charge in [-0.3, -0.25) is 15.4 Å². The number of nitrogens with one attached hydrogen (secondary N) is 2. The quantitative estimate of drug-likeness (QED) is 0.314. The zero-order valence-electron chi connectivity index (χ0n) is 23.9. The molecule has 10 nitrogen and oxygen atoms in total. The Balaban J connectivity index is 1.87. The number of halogens is 2. The highest BCUT2D eigenvalue weighted by atomic mass is 35.5. The Labute approximate surface area is 237 Å². The highest BCUT2D eigenvalue weighted by molar-refractivity contribution is 6.32. The number of rotatable bonds is 7. The smallest absolute Gasteiger partial charge is 0.413 e. The fourth-order valence-electron chi connectivity index (χ4n) is 3.88. The minimum atomic E-state index is -0.854. The van der Waals surface area contributed by atoms with E-state index in [4.69, 9.17) is 20.9 Å². The van der Waals surface area contributed by atoms with Crippen molar-refractivity contribution in [1.29, 1.82) is 5.26 Å². The van der Waals surface area contributed by atoms with Crippen molar-refractivity contribution in [2.24, 2.45) is 5.41 Å². The lowest BCUT2D eigenvalue weighted by Gasteiger charge is -2.20. The number of ether oxygens (including phenoxy) is 1. The van der Waals surface area contributed by atoms with Gasteiger partial charge in [0.25, 0.3) is 0 Å². The van der Waals surface area contributed by atoms with Crippen molar-refractivity contribution < 1.29 is 23.2 Å². The summed E-state index contributed by atoms with van der Waals surface area (Å²) in [6.07, 6.45) is -0.353. The minimum Gasteiger partial charge on any atom is -0.444 e. The summed E-state index contributed by atoms with van der Waals surface area (Å²) in [6, 6.07) is 6.24. The number of aromatic nitrogens is 3. The molecule has 0 bridgehead atoms. The first-order chi connectivity index (χ1) is 18.5. The Morgan fingerprint density at radius 1 is 1.20 bits per heavy atom. The summed E-state index contributed by atoms with van der Waals surface area (Å²) in [5, 5.41) is 23.2. The van der Waals surface area contributed by atoms with Gasteiger partial charge in [0, 0.05) is 17.7 Å². The van der Waals surface area contributed by atoms with E-state index in [0.717, 1.165) is 0 Å². The fourth-order valence-corrected chi connectivity index (χ4v) is 4.12. The molecule has 2 aromatic heterocycles. The molecule has 0 atom stereocenters. The molecule has 0 spiro atoms. The molecule has 40 heavy (non-hydrogen) atoms. The molecule has 3 rings (SSSR count). The van der Waals surface area contributed by atoms with Crippen LogP contribution in [-0.4, -0.2) is 32.5 Å². The van der Waals surface area contributed by atoms with Gasteiger partial charge in [-0.05, 0) is 58.1 Å². The van der Waals surface area contributed by atoms with E-state index in [9.17, 15) is 14.9 Å². The molecule has 1 aromatic carbocycles. The summed E-state index contributed by atoms with van der Waals surface area (Å²) in [4.78, 5) is 25.1. The Hall–Kier alpha value is -3.91. The second-order valence-corrected chi connectivity index (χ2v) is 12.3. The van der Waals surface area contributed by atoms with Crippen molar-refractivity contribution in [2.45, 2.75) is 79.9 Å². The number of nitriles is 1. The molecule has 2 heterocycles. The van der Waals surface area contributed by atoms with Crippen LogP contribution in [0.2, 0.25) is 5.02 Å². The van der Waals surface area contributed by atoms with Crippen LogP contribution < -0.4 is 10.6 Å². The normalized spacial score (nSPS) is 11.8. The Bertz CT molecular complexity index is 1460. The Morgan fingerprint density at radius 2 is 1.88 bits per heavy atom. The van der Waals surface area contributed by atoms with Gasteiger partial charge in [-0.2, -0.15) is 10.4 Å². The molecule has 0 saturated heterocycles. The van der Waals surface area contributed by atoms with E-state index in [2.05, 4.69) is 41.7 Å². The average molecular weight is 573 g/mol. The Morgan fingerprint density at radius 3 is 2.45 bits per heavy atom. The van der Waals surface area contributed by atoms with E-state index in [1.165, 1.54) is 16.8 Å². The number of nitrogens with zero attached hydrogens (tertiary/aromatic N) is 4. The predicted molar refractivity (Wildman–Crippen MR) is 150 cm³/mol. The molecule has 3 aromatic rings. The van der Waals surface area contributed by atoms with E-state index in [0.29, 0.717) is 12.1 Å². The summed E-state index contributed by atoms with van der Waals surface area (Å²) in [5.41, 5.74) is 0.0244. The van der Waals surface area contributed by atoms with Gasteiger partial charge in [-0.25, -0.2) is 13.9 Å². The number of carbonyl (C=O) groups excluding carboxylic acids is 2. The molecule has 0 radical (unpaired) electrons. The van der Waals surface area contributed by atoms with Gasteiger partial charge >= 0.3 is 6.09 Å². The lowest BCUT2D eigenvalue weighted by Crippen LogP contribution is -2.28. The maximum Gasteiger partial charge on any atom is 0.413 e. The first-order valence-electron chi connectivity index (χ1n) is 12.7. The predicted octanol–water partition coefficient (Wildman–Crippen LogP) is 6.90. The molecular formula is C28H34ClFN6O4. The summed E-state index contributed by atoms with van der Waals surface area (Å²) >= 11 is 6.34. The average Bonchev–Trinajstić information content (AvgIpc) is 3.38. The maximum atomic E-state index is 15.6. The molecule has 2 amide bonds. The van der Waals surface area contributed by atoms with Crippen LogP contribution in [0.3, 0.4) is 0 Å². The first-order valence-corrected chi connectivity index (χ1v) is 13.1. The number of amides is 2. The van der Waals surface area contributed by atoms with Crippen LogP contribution in [0.15, 0.2) is 22.7 Å². The lowest BCUT2D eigenvalue weighted by atomic mass is 9.91. The Kier molecular flexibility index (Phi) is 8.94. The third-order valence-electron chi connectivity index (χ3n) is 5.43. The molecule has 0 fully saturated rings. The fraction of sp³-hybridized carbons (Fsp3) is 0.464. The molecule has 0 saturated carbocycles. The molecular weight excluding hydrogens is 539 g/mol. The number of carbonyl (C=O) groups is 2. The van der Waals surface area contributed by atoms with Crippen molar-refractivity contribution in [2.75, 3.05) is 10.6 Å². The largest absolute Gasteiger partial charge is 0.444 e. The van der Waals surface area contributed by atoms with Gasteiger partial charge in [0.05, 0.1) is 17.1 Å². The van der Waals surface area contributed by atoms with Crippen LogP contribution in [0, 0.1) is 22.6 Å². The van der Waals surface area contributed by atoms with Gasteiger partial charge < -0.3 is 9.26 Å². The van der Waals surface area contributed by atoms with Gasteiger partial charge in [-0.1, -0.05) is 43.6 Å². The molecule has 0 aliphatic heterocycles. The van der Waals surface area contributed by atoms with Gasteiger partial charge in [-0.15, -0.1) is 0 Å². The lowest BCUT2D eigenvalue weighted by molar-refractivity contribution is -0.115. The molecule has 0 aliphatic carbocycles. The van der Waals surface area contributed by atoms with Crippen LogP contribution in [-0.2, 0) is 22.4 Å². The summed E-state index contributed by atoms with van der Waals surface area (Å²) in [6.45, 7) is 14.9. The second kappa shape index (κ2) is 11.7. The molecule has 12 heteroatoms. The minimum absolute atomic E-state index is 0.00603. The van der Waals surface area contributed by atoms with E-state index in [-0.39, 0.29) is 57.0 Å². The molecule has 0 unspecified atom stereocenters. The highest BCUT2D eigenvalue weighted by Crippen LogP contribution is 2.36. The zero-order valence-corrected chi connectivity index (χ0v) is 24.7. The van der Waals surface area contributed by atoms with Crippen molar-refractivity contribution in [1.82, 2.24) is 14.9 Å². The monoisotopic (exact) mass is 572 g/mol. The van der Waals surface area contributed by atoms with Crippen LogP contribution in [0.5, 0.6) is 0 Å². The van der Waals surface area contributed by atoms with Crippen molar-refractivity contribution in [3.05, 3.63) is 45.9 Å². The number of hydrogen-bond donors (Lipinski definition) is 2. The number of hydrogen-bond acceptors (Lipinski definition) is 7. The highest BCUT2D eigenvalue weighted by Gasteiger charge is 2.27. The van der Waals surface area contributed by atoms with E-state index in [1.54, 1.807) is 40.7 Å². The number of benzene rings is 1. The van der Waals surface area contributed by atoms with Crippen molar-refractivity contribution in [3.8, 4) is 17.3 Å².